The van der Waals surface area contributed by atoms with Crippen LogP contribution in [0.3, 0.4) is 0 Å². The fourth-order valence-electron chi connectivity index (χ4n) is 2.94. The van der Waals surface area contributed by atoms with Crippen molar-refractivity contribution in [2.24, 2.45) is 0 Å². The number of aliphatic hydroxyl groups is 3. The van der Waals surface area contributed by atoms with Crippen molar-refractivity contribution >= 4 is 18.0 Å². The zero-order valence-electron chi connectivity index (χ0n) is 15.2. The van der Waals surface area contributed by atoms with Gasteiger partial charge in [0.05, 0.1) is 26.4 Å². The van der Waals surface area contributed by atoms with E-state index in [9.17, 15) is 30.0 Å². The van der Waals surface area contributed by atoms with Gasteiger partial charge in [-0.25, -0.2) is 9.59 Å². The summed E-state index contributed by atoms with van der Waals surface area (Å²) in [7, 11) is 2.70. The van der Waals surface area contributed by atoms with Gasteiger partial charge in [0.15, 0.2) is 23.2 Å². The lowest BCUT2D eigenvalue weighted by atomic mass is 9.79. The van der Waals surface area contributed by atoms with Crippen LogP contribution in [0, 0.1) is 0 Å². The molecule has 154 valence electrons. The number of ether oxygens (including phenoxy) is 3. The maximum atomic E-state index is 12.0. The Morgan fingerprint density at radius 1 is 1.11 bits per heavy atom. The molecule has 1 aromatic carbocycles. The van der Waals surface area contributed by atoms with Crippen molar-refractivity contribution in [1.82, 2.24) is 0 Å². The van der Waals surface area contributed by atoms with Crippen LogP contribution in [-0.4, -0.2) is 75.6 Å². The molecular formula is C18H22O10. The molecule has 0 aliphatic heterocycles. The van der Waals surface area contributed by atoms with Gasteiger partial charge in [-0.05, 0) is 23.8 Å². The molecule has 1 saturated carbocycles. The molecule has 0 radical (unpaired) electrons. The molecule has 2 rings (SSSR count). The molecule has 1 aromatic rings. The average molecular weight is 398 g/mol. The van der Waals surface area contributed by atoms with Crippen molar-refractivity contribution in [3.63, 3.8) is 0 Å². The molecule has 10 heteroatoms. The van der Waals surface area contributed by atoms with Gasteiger partial charge < -0.3 is 39.7 Å². The van der Waals surface area contributed by atoms with Crippen molar-refractivity contribution in [2.45, 2.75) is 36.8 Å². The second-order valence-corrected chi connectivity index (χ2v) is 6.39. The molecule has 2 atom stereocenters. The van der Waals surface area contributed by atoms with E-state index < -0.39 is 48.7 Å². The van der Waals surface area contributed by atoms with Crippen molar-refractivity contribution < 1.29 is 49.3 Å². The summed E-state index contributed by atoms with van der Waals surface area (Å²) in [5, 5.41) is 48.7. The Morgan fingerprint density at radius 2 is 1.61 bits per heavy atom. The van der Waals surface area contributed by atoms with Crippen molar-refractivity contribution in [2.75, 3.05) is 14.2 Å². The number of benzene rings is 1. The molecule has 5 N–H and O–H groups in total. The van der Waals surface area contributed by atoms with Crippen LogP contribution in [-0.2, 0) is 14.3 Å². The van der Waals surface area contributed by atoms with Crippen LogP contribution in [0.1, 0.15) is 18.4 Å². The number of methoxy groups -OCH3 is 2. The lowest BCUT2D eigenvalue weighted by Crippen LogP contribution is -2.57. The van der Waals surface area contributed by atoms with Gasteiger partial charge in [-0.2, -0.15) is 0 Å². The average Bonchev–Trinajstić information content (AvgIpc) is 2.63. The molecule has 0 heterocycles. The van der Waals surface area contributed by atoms with Gasteiger partial charge in [-0.15, -0.1) is 0 Å². The highest BCUT2D eigenvalue weighted by Gasteiger charge is 2.50. The summed E-state index contributed by atoms with van der Waals surface area (Å²) in [6, 6.07) is 2.89. The number of hydrogen-bond donors (Lipinski definition) is 5. The quantitative estimate of drug-likeness (QED) is 0.316. The standard InChI is InChI=1S/C18H22O10/c1-26-12-5-9(6-13(27-2)15(12)22)3-4-14(21)28-16-10(19)7-18(25,17(23)24)8-11(16)20/h3-6,10-11,16,19-20,22,25H,7-8H2,1-2H3,(H,23,24). The Kier molecular flexibility index (Phi) is 6.49. The predicted octanol–water partition coefficient (Wildman–Crippen LogP) is -0.334. The van der Waals surface area contributed by atoms with E-state index in [0.717, 1.165) is 6.08 Å². The Balaban J connectivity index is 2.09. The van der Waals surface area contributed by atoms with Gasteiger partial charge >= 0.3 is 11.9 Å². The lowest BCUT2D eigenvalue weighted by Gasteiger charge is -2.39. The van der Waals surface area contributed by atoms with E-state index in [1.54, 1.807) is 0 Å². The van der Waals surface area contributed by atoms with Gasteiger partial charge in [-0.3, -0.25) is 0 Å². The molecule has 1 aliphatic rings. The van der Waals surface area contributed by atoms with Gasteiger partial charge in [0.25, 0.3) is 0 Å². The van der Waals surface area contributed by atoms with E-state index in [4.69, 9.17) is 19.3 Å². The summed E-state index contributed by atoms with van der Waals surface area (Å²) >= 11 is 0. The smallest absolute Gasteiger partial charge is 0.335 e. The number of aliphatic carboxylic acids is 1. The molecule has 0 saturated heterocycles. The number of aliphatic hydroxyl groups excluding tert-OH is 2. The fourth-order valence-corrected chi connectivity index (χ4v) is 2.94. The molecule has 10 nitrogen and oxygen atoms in total. The van der Waals surface area contributed by atoms with Crippen LogP contribution >= 0.6 is 0 Å². The summed E-state index contributed by atoms with van der Waals surface area (Å²) < 4.78 is 15.0. The van der Waals surface area contributed by atoms with E-state index >= 15 is 0 Å². The molecule has 0 amide bonds. The van der Waals surface area contributed by atoms with Crippen molar-refractivity contribution in [3.8, 4) is 17.2 Å². The minimum absolute atomic E-state index is 0.124. The number of phenols is 1. The van der Waals surface area contributed by atoms with Crippen molar-refractivity contribution in [3.05, 3.63) is 23.8 Å². The number of esters is 1. The number of carbonyl (C=O) groups is 2. The van der Waals surface area contributed by atoms with E-state index in [0.29, 0.717) is 5.56 Å². The van der Waals surface area contributed by atoms with Crippen LogP contribution in [0.25, 0.3) is 6.08 Å². The van der Waals surface area contributed by atoms with Crippen LogP contribution in [0.4, 0.5) is 0 Å². The number of aromatic hydroxyl groups is 1. The van der Waals surface area contributed by atoms with E-state index in [1.165, 1.54) is 32.4 Å². The summed E-state index contributed by atoms with van der Waals surface area (Å²) in [4.78, 5) is 23.1. The molecule has 0 aromatic heterocycles. The first kappa shape index (κ1) is 21.5. The zero-order chi connectivity index (χ0) is 21.1. The summed E-state index contributed by atoms with van der Waals surface area (Å²) in [6.07, 6.45) is -3.33. The Hall–Kier alpha value is -2.82. The monoisotopic (exact) mass is 398 g/mol. The second kappa shape index (κ2) is 8.46. The molecule has 28 heavy (non-hydrogen) atoms. The minimum atomic E-state index is -2.29. The van der Waals surface area contributed by atoms with Crippen LogP contribution in [0.15, 0.2) is 18.2 Å². The number of phenolic OH excluding ortho intramolecular Hbond substituents is 1. The molecule has 0 bridgehead atoms. The van der Waals surface area contributed by atoms with Crippen LogP contribution in [0.5, 0.6) is 17.2 Å². The predicted molar refractivity (Wildman–Crippen MR) is 94.0 cm³/mol. The SMILES string of the molecule is COc1cc(C=CC(=O)OC2C(O)CC(O)(C(=O)O)CC2O)cc(OC)c1O. The van der Waals surface area contributed by atoms with Crippen LogP contribution in [0.2, 0.25) is 0 Å². The largest absolute Gasteiger partial charge is 0.502 e. The van der Waals surface area contributed by atoms with Crippen molar-refractivity contribution in [1.29, 1.82) is 0 Å². The number of carboxylic acid groups (broad SMARTS) is 1. The topological polar surface area (TPSA) is 163 Å². The molecule has 0 spiro atoms. The summed E-state index contributed by atoms with van der Waals surface area (Å²) in [5.41, 5.74) is -1.86. The first-order valence-corrected chi connectivity index (χ1v) is 8.27. The number of hydrogen-bond acceptors (Lipinski definition) is 9. The number of carboxylic acids is 1. The third kappa shape index (κ3) is 4.53. The number of rotatable bonds is 6. The minimum Gasteiger partial charge on any atom is -0.502 e. The first-order chi connectivity index (χ1) is 13.1. The van der Waals surface area contributed by atoms with Gasteiger partial charge in [0.2, 0.25) is 5.75 Å². The van der Waals surface area contributed by atoms with E-state index in [1.807, 2.05) is 0 Å². The lowest BCUT2D eigenvalue weighted by molar-refractivity contribution is -0.196. The van der Waals surface area contributed by atoms with Gasteiger partial charge in [0.1, 0.15) is 0 Å². The highest BCUT2D eigenvalue weighted by Crippen LogP contribution is 2.37. The zero-order valence-corrected chi connectivity index (χ0v) is 15.2. The van der Waals surface area contributed by atoms with Gasteiger partial charge in [-0.1, -0.05) is 0 Å². The third-order valence-corrected chi connectivity index (χ3v) is 4.42. The highest BCUT2D eigenvalue weighted by atomic mass is 16.6. The summed E-state index contributed by atoms with van der Waals surface area (Å²) in [5.74, 6) is -2.44. The maximum absolute atomic E-state index is 12.0. The third-order valence-electron chi connectivity index (χ3n) is 4.42. The first-order valence-electron chi connectivity index (χ1n) is 8.27. The molecular weight excluding hydrogens is 376 g/mol. The summed E-state index contributed by atoms with van der Waals surface area (Å²) in [6.45, 7) is 0. The Labute approximate surface area is 160 Å². The normalized spacial score (nSPS) is 27.4. The highest BCUT2D eigenvalue weighted by molar-refractivity contribution is 5.87. The Bertz CT molecular complexity index is 735. The second-order valence-electron chi connectivity index (χ2n) is 6.39. The fraction of sp³-hybridized carbons (Fsp3) is 0.444. The number of carbonyl (C=O) groups excluding carboxylic acids is 1. The maximum Gasteiger partial charge on any atom is 0.335 e. The van der Waals surface area contributed by atoms with Crippen LogP contribution < -0.4 is 9.47 Å². The Morgan fingerprint density at radius 3 is 2.04 bits per heavy atom. The molecule has 1 aliphatic carbocycles. The molecule has 1 fully saturated rings. The van der Waals surface area contributed by atoms with Gasteiger partial charge in [0, 0.05) is 18.9 Å². The van der Waals surface area contributed by atoms with E-state index in [2.05, 4.69) is 0 Å². The molecule has 2 unspecified atom stereocenters. The van der Waals surface area contributed by atoms with E-state index in [-0.39, 0.29) is 17.2 Å².